The molecule has 0 unspecified atom stereocenters. The maximum Gasteiger partial charge on any atom is 0.270 e. The van der Waals surface area contributed by atoms with Crippen molar-refractivity contribution in [3.8, 4) is 0 Å². The van der Waals surface area contributed by atoms with Gasteiger partial charge in [-0.3, -0.25) is 10.1 Å². The van der Waals surface area contributed by atoms with Gasteiger partial charge in [0.15, 0.2) is 6.10 Å². The van der Waals surface area contributed by atoms with Crippen molar-refractivity contribution in [3.63, 3.8) is 0 Å². The Bertz CT molecular complexity index is 130. The lowest BCUT2D eigenvalue weighted by molar-refractivity contribution is -0.533. The number of nitrogens with zero attached hydrogens (tertiary/aromatic N) is 1. The first-order valence-corrected chi connectivity index (χ1v) is 2.56. The first kappa shape index (κ1) is 9.22. The van der Waals surface area contributed by atoms with E-state index in [4.69, 9.17) is 5.11 Å². The normalized spacial score (nSPS) is 16.9. The van der Waals surface area contributed by atoms with E-state index in [9.17, 15) is 18.9 Å². The van der Waals surface area contributed by atoms with Gasteiger partial charge in [-0.1, -0.05) is 0 Å². The molecule has 0 aliphatic heterocycles. The van der Waals surface area contributed by atoms with Gasteiger partial charge in [-0.2, -0.15) is 0 Å². The van der Waals surface area contributed by atoms with E-state index in [0.717, 1.165) is 6.92 Å². The van der Waals surface area contributed by atoms with Crippen molar-refractivity contribution in [1.29, 1.82) is 0 Å². The maximum atomic E-state index is 11.5. The number of aliphatic hydroxyl groups is 1. The molecule has 0 rings (SSSR count). The topological polar surface area (TPSA) is 63.4 Å². The molecular weight excluding hydrogens is 148 g/mol. The molecule has 0 aliphatic rings. The van der Waals surface area contributed by atoms with Gasteiger partial charge in [-0.15, -0.1) is 0 Å². The second-order valence-corrected chi connectivity index (χ2v) is 1.85. The van der Waals surface area contributed by atoms with Gasteiger partial charge in [-0.25, -0.2) is 8.78 Å². The number of rotatable bonds is 3. The Kier molecular flexibility index (Phi) is 3.14. The highest BCUT2D eigenvalue weighted by molar-refractivity contribution is 4.64. The van der Waals surface area contributed by atoms with Crippen LogP contribution in [0.5, 0.6) is 0 Å². The molecule has 0 amide bonds. The SMILES string of the molecule is C[C@H]([C@H](O)C(F)F)[N+](=O)[O-]. The van der Waals surface area contributed by atoms with Crippen molar-refractivity contribution in [3.05, 3.63) is 10.1 Å². The lowest BCUT2D eigenvalue weighted by Crippen LogP contribution is -2.36. The smallest absolute Gasteiger partial charge is 0.270 e. The molecule has 4 nitrogen and oxygen atoms in total. The molecule has 0 heterocycles. The lowest BCUT2D eigenvalue weighted by atomic mass is 10.2. The summed E-state index contributed by atoms with van der Waals surface area (Å²) in [6.45, 7) is 0.927. The van der Waals surface area contributed by atoms with E-state index in [-0.39, 0.29) is 0 Å². The van der Waals surface area contributed by atoms with Crippen molar-refractivity contribution < 1.29 is 18.8 Å². The van der Waals surface area contributed by atoms with Crippen LogP contribution in [0.25, 0.3) is 0 Å². The van der Waals surface area contributed by atoms with Gasteiger partial charge in [0, 0.05) is 11.8 Å². The summed E-state index contributed by atoms with van der Waals surface area (Å²) in [6.07, 6.45) is -5.23. The van der Waals surface area contributed by atoms with Gasteiger partial charge in [0.05, 0.1) is 0 Å². The summed E-state index contributed by atoms with van der Waals surface area (Å²) < 4.78 is 23.0. The van der Waals surface area contributed by atoms with Crippen LogP contribution >= 0.6 is 0 Å². The van der Waals surface area contributed by atoms with Crippen molar-refractivity contribution in [2.24, 2.45) is 0 Å². The van der Waals surface area contributed by atoms with E-state index >= 15 is 0 Å². The zero-order valence-electron chi connectivity index (χ0n) is 5.20. The van der Waals surface area contributed by atoms with Gasteiger partial charge in [0.25, 0.3) is 6.43 Å². The van der Waals surface area contributed by atoms with E-state index in [1.165, 1.54) is 0 Å². The quantitative estimate of drug-likeness (QED) is 0.470. The standard InChI is InChI=1S/C4H7F2NO3/c1-2(7(9)10)3(8)4(5)6/h2-4,8H,1H3/t2-,3+/m1/s1. The van der Waals surface area contributed by atoms with Gasteiger partial charge in [0.2, 0.25) is 6.04 Å². The third-order valence-corrected chi connectivity index (χ3v) is 1.08. The Balaban J connectivity index is 3.94. The van der Waals surface area contributed by atoms with Crippen LogP contribution in [0.15, 0.2) is 0 Å². The van der Waals surface area contributed by atoms with Crippen molar-refractivity contribution in [1.82, 2.24) is 0 Å². The monoisotopic (exact) mass is 155 g/mol. The van der Waals surface area contributed by atoms with Crippen LogP contribution in [0.3, 0.4) is 0 Å². The largest absolute Gasteiger partial charge is 0.381 e. The van der Waals surface area contributed by atoms with E-state index in [0.29, 0.717) is 0 Å². The first-order chi connectivity index (χ1) is 4.46. The molecule has 0 spiro atoms. The second-order valence-electron chi connectivity index (χ2n) is 1.85. The number of aliphatic hydroxyl groups excluding tert-OH is 1. The fourth-order valence-corrected chi connectivity index (χ4v) is 0.335. The molecule has 1 N–H and O–H groups in total. The van der Waals surface area contributed by atoms with Gasteiger partial charge < -0.3 is 5.11 Å². The highest BCUT2D eigenvalue weighted by Gasteiger charge is 2.31. The number of nitro groups is 1. The van der Waals surface area contributed by atoms with Crippen molar-refractivity contribution in [2.45, 2.75) is 25.5 Å². The third-order valence-electron chi connectivity index (χ3n) is 1.08. The molecule has 0 bridgehead atoms. The van der Waals surface area contributed by atoms with E-state index < -0.39 is 23.5 Å². The summed E-state index contributed by atoms with van der Waals surface area (Å²) in [5.74, 6) is 0. The Morgan fingerprint density at radius 3 is 2.10 bits per heavy atom. The van der Waals surface area contributed by atoms with Crippen LogP contribution < -0.4 is 0 Å². The minimum atomic E-state index is -3.06. The first-order valence-electron chi connectivity index (χ1n) is 2.56. The van der Waals surface area contributed by atoms with Crippen LogP contribution in [0.1, 0.15) is 6.92 Å². The summed E-state index contributed by atoms with van der Waals surface area (Å²) in [6, 6.07) is -1.61. The summed E-state index contributed by atoms with van der Waals surface area (Å²) in [5.41, 5.74) is 0. The minimum absolute atomic E-state index is 0.927. The maximum absolute atomic E-state index is 11.5. The molecule has 0 fully saturated rings. The second kappa shape index (κ2) is 3.40. The highest BCUT2D eigenvalue weighted by atomic mass is 19.3. The van der Waals surface area contributed by atoms with Gasteiger partial charge in [0.1, 0.15) is 0 Å². The molecular formula is C4H7F2NO3. The molecule has 0 radical (unpaired) electrons. The molecule has 2 atom stereocenters. The molecule has 0 aromatic carbocycles. The average molecular weight is 155 g/mol. The Hall–Kier alpha value is -0.780. The fourth-order valence-electron chi connectivity index (χ4n) is 0.335. The Morgan fingerprint density at radius 1 is 1.60 bits per heavy atom. The molecule has 0 saturated carbocycles. The zero-order chi connectivity index (χ0) is 8.31. The van der Waals surface area contributed by atoms with E-state index in [1.54, 1.807) is 0 Å². The molecule has 6 heteroatoms. The Labute approximate surface area is 55.6 Å². The molecule has 10 heavy (non-hydrogen) atoms. The van der Waals surface area contributed by atoms with Crippen LogP contribution in [-0.4, -0.2) is 28.6 Å². The molecule has 0 aliphatic carbocycles. The third kappa shape index (κ3) is 2.22. The van der Waals surface area contributed by atoms with Gasteiger partial charge >= 0.3 is 0 Å². The van der Waals surface area contributed by atoms with Crippen LogP contribution in [-0.2, 0) is 0 Å². The number of alkyl halides is 2. The molecule has 60 valence electrons. The number of hydrogen-bond donors (Lipinski definition) is 1. The minimum Gasteiger partial charge on any atom is -0.381 e. The van der Waals surface area contributed by atoms with E-state index in [1.807, 2.05) is 0 Å². The van der Waals surface area contributed by atoms with E-state index in [2.05, 4.69) is 0 Å². The fraction of sp³-hybridized carbons (Fsp3) is 1.00. The van der Waals surface area contributed by atoms with Crippen molar-refractivity contribution in [2.75, 3.05) is 0 Å². The van der Waals surface area contributed by atoms with Gasteiger partial charge in [-0.05, 0) is 0 Å². The number of halogens is 2. The molecule has 0 saturated heterocycles. The lowest BCUT2D eigenvalue weighted by Gasteiger charge is -2.09. The van der Waals surface area contributed by atoms with Crippen LogP contribution in [0.2, 0.25) is 0 Å². The summed E-state index contributed by atoms with van der Waals surface area (Å²) >= 11 is 0. The highest BCUT2D eigenvalue weighted by Crippen LogP contribution is 2.06. The average Bonchev–Trinajstić information content (AvgIpc) is 1.84. The summed E-state index contributed by atoms with van der Waals surface area (Å²) in [7, 11) is 0. The summed E-state index contributed by atoms with van der Waals surface area (Å²) in [4.78, 5) is 8.81. The summed E-state index contributed by atoms with van der Waals surface area (Å²) in [5, 5.41) is 18.1. The Morgan fingerprint density at radius 2 is 2.00 bits per heavy atom. The zero-order valence-corrected chi connectivity index (χ0v) is 5.20. The molecule has 0 aromatic rings. The number of hydrogen-bond acceptors (Lipinski definition) is 3. The predicted octanol–water partition coefficient (Wildman–Crippen LogP) is 0.278. The predicted molar refractivity (Wildman–Crippen MR) is 28.5 cm³/mol. The molecule has 0 aromatic heterocycles. The van der Waals surface area contributed by atoms with Crippen molar-refractivity contribution >= 4 is 0 Å². The van der Waals surface area contributed by atoms with Crippen LogP contribution in [0.4, 0.5) is 8.78 Å². The van der Waals surface area contributed by atoms with Crippen LogP contribution in [0, 0.1) is 10.1 Å².